The summed E-state index contributed by atoms with van der Waals surface area (Å²) in [6, 6.07) is -0.696. The predicted molar refractivity (Wildman–Crippen MR) is 45.6 cm³/mol. The molecule has 6 heteroatoms. The Hall–Kier alpha value is -1.72. The van der Waals surface area contributed by atoms with Crippen LogP contribution in [0.15, 0.2) is 9.98 Å². The molecule has 0 bridgehead atoms. The van der Waals surface area contributed by atoms with Gasteiger partial charge in [-0.1, -0.05) is 0 Å². The van der Waals surface area contributed by atoms with E-state index in [9.17, 15) is 9.59 Å². The number of carbonyl (C=O) groups excluding carboxylic acids is 2. The van der Waals surface area contributed by atoms with Crippen LogP contribution in [0.4, 0.5) is 4.79 Å². The number of hydrogen-bond acceptors (Lipinski definition) is 4. The number of hydrogen-bond donors (Lipinski definition) is 1. The molecule has 13 heavy (non-hydrogen) atoms. The van der Waals surface area contributed by atoms with E-state index in [1.807, 2.05) is 0 Å². The number of urea groups is 1. The van der Waals surface area contributed by atoms with Crippen LogP contribution in [0.3, 0.4) is 0 Å². The second-order valence-corrected chi connectivity index (χ2v) is 2.33. The van der Waals surface area contributed by atoms with Gasteiger partial charge in [0.15, 0.2) is 0 Å². The zero-order chi connectivity index (χ0) is 9.84. The highest BCUT2D eigenvalue weighted by Crippen LogP contribution is 2.03. The molecule has 0 aliphatic carbocycles. The molecule has 1 heterocycles. The predicted octanol–water partition coefficient (Wildman–Crippen LogP) is -0.273. The first-order valence-electron chi connectivity index (χ1n) is 3.74. The van der Waals surface area contributed by atoms with Crippen molar-refractivity contribution in [3.63, 3.8) is 0 Å². The molecule has 0 saturated carbocycles. The minimum atomic E-state index is -0.822. The molecular weight excluding hydrogens is 174 g/mol. The Morgan fingerprint density at radius 1 is 1.77 bits per heavy atom. The number of aliphatic imine (C=N–C) groups is 2. The summed E-state index contributed by atoms with van der Waals surface area (Å²) in [6.07, 6.45) is 1.14. The minimum absolute atomic E-state index is 0.0709. The van der Waals surface area contributed by atoms with Crippen molar-refractivity contribution in [3.05, 3.63) is 0 Å². The maximum absolute atomic E-state index is 11.1. The molecule has 0 aromatic carbocycles. The van der Waals surface area contributed by atoms with Gasteiger partial charge in [-0.2, -0.15) is 4.99 Å². The van der Waals surface area contributed by atoms with E-state index in [-0.39, 0.29) is 12.4 Å². The number of carbonyl (C=O) groups is 2. The fourth-order valence-electron chi connectivity index (χ4n) is 0.837. The highest BCUT2D eigenvalue weighted by atomic mass is 16.5. The summed E-state index contributed by atoms with van der Waals surface area (Å²) in [5.41, 5.74) is 5.34. The number of nitrogens with zero attached hydrogens (tertiary/aromatic N) is 2. The first kappa shape index (κ1) is 9.37. The van der Waals surface area contributed by atoms with Crippen molar-refractivity contribution in [2.75, 3.05) is 6.61 Å². The first-order valence-corrected chi connectivity index (χ1v) is 3.74. The Morgan fingerprint density at radius 3 is 3.00 bits per heavy atom. The van der Waals surface area contributed by atoms with Gasteiger partial charge in [0.1, 0.15) is 11.8 Å². The van der Waals surface area contributed by atoms with Crippen LogP contribution in [-0.2, 0) is 9.53 Å². The van der Waals surface area contributed by atoms with Crippen LogP contribution in [0, 0.1) is 5.92 Å². The summed E-state index contributed by atoms with van der Waals surface area (Å²) in [5, 5.41) is 0. The molecule has 0 radical (unpaired) electrons. The van der Waals surface area contributed by atoms with E-state index >= 15 is 0 Å². The molecule has 6 nitrogen and oxygen atoms in total. The maximum Gasteiger partial charge on any atom is 0.368 e. The van der Waals surface area contributed by atoms with Crippen molar-refractivity contribution in [2.45, 2.75) is 6.92 Å². The topological polar surface area (TPSA) is 94.1 Å². The van der Waals surface area contributed by atoms with E-state index in [0.717, 1.165) is 6.21 Å². The molecule has 70 valence electrons. The Morgan fingerprint density at radius 2 is 2.46 bits per heavy atom. The second kappa shape index (κ2) is 3.79. The summed E-state index contributed by atoms with van der Waals surface area (Å²) in [5.74, 6) is -1.43. The lowest BCUT2D eigenvalue weighted by Gasteiger charge is -2.11. The smallest absolute Gasteiger partial charge is 0.368 e. The molecule has 0 saturated heterocycles. The van der Waals surface area contributed by atoms with Gasteiger partial charge in [0.05, 0.1) is 6.61 Å². The monoisotopic (exact) mass is 183 g/mol. The van der Waals surface area contributed by atoms with Crippen LogP contribution in [-0.4, -0.2) is 30.7 Å². The molecule has 0 aromatic heterocycles. The zero-order valence-corrected chi connectivity index (χ0v) is 7.06. The summed E-state index contributed by atoms with van der Waals surface area (Å²) >= 11 is 0. The van der Waals surface area contributed by atoms with Gasteiger partial charge in [0, 0.05) is 6.21 Å². The number of nitrogens with two attached hydrogens (primary N) is 1. The lowest BCUT2D eigenvalue weighted by molar-refractivity contribution is -0.143. The van der Waals surface area contributed by atoms with Crippen molar-refractivity contribution in [1.82, 2.24) is 0 Å². The van der Waals surface area contributed by atoms with Crippen LogP contribution in [0.5, 0.6) is 0 Å². The Balaban J connectivity index is 2.72. The molecule has 1 unspecified atom stereocenters. The molecule has 1 aliphatic heterocycles. The second-order valence-electron chi connectivity index (χ2n) is 2.33. The number of rotatable bonds is 2. The van der Waals surface area contributed by atoms with E-state index in [0.29, 0.717) is 0 Å². The largest absolute Gasteiger partial charge is 0.465 e. The van der Waals surface area contributed by atoms with Crippen LogP contribution in [0.25, 0.3) is 0 Å². The lowest BCUT2D eigenvalue weighted by Crippen LogP contribution is -2.36. The molecule has 2 N–H and O–H groups in total. The number of ether oxygens (including phenoxy) is 1. The van der Waals surface area contributed by atoms with Gasteiger partial charge in [-0.25, -0.2) is 9.79 Å². The quantitative estimate of drug-likeness (QED) is 0.596. The van der Waals surface area contributed by atoms with E-state index in [4.69, 9.17) is 5.73 Å². The average molecular weight is 183 g/mol. The fourth-order valence-corrected chi connectivity index (χ4v) is 0.837. The summed E-state index contributed by atoms with van der Waals surface area (Å²) < 4.78 is 4.68. The highest BCUT2D eigenvalue weighted by Gasteiger charge is 2.25. The third-order valence-corrected chi connectivity index (χ3v) is 1.42. The minimum Gasteiger partial charge on any atom is -0.465 e. The van der Waals surface area contributed by atoms with Gasteiger partial charge in [-0.15, -0.1) is 0 Å². The standard InChI is InChI=1S/C7H9N3O3/c1-2-13-6(11)4-3-9-7(12)10-5(4)8/h3-4H,2H2,1H3,(H2,8,10,12). The van der Waals surface area contributed by atoms with E-state index < -0.39 is 17.9 Å². The summed E-state index contributed by atoms with van der Waals surface area (Å²) in [4.78, 5) is 28.4. The van der Waals surface area contributed by atoms with Gasteiger partial charge in [-0.3, -0.25) is 4.79 Å². The van der Waals surface area contributed by atoms with E-state index in [2.05, 4.69) is 14.7 Å². The van der Waals surface area contributed by atoms with Crippen LogP contribution < -0.4 is 5.73 Å². The van der Waals surface area contributed by atoms with Crippen LogP contribution in [0.2, 0.25) is 0 Å². The molecule has 2 amide bonds. The summed E-state index contributed by atoms with van der Waals surface area (Å²) in [6.45, 7) is 1.93. The third kappa shape index (κ3) is 2.11. The Bertz CT molecular complexity index is 295. The van der Waals surface area contributed by atoms with Gasteiger partial charge in [-0.05, 0) is 6.92 Å². The Kier molecular flexibility index (Phi) is 2.73. The highest BCUT2D eigenvalue weighted by molar-refractivity contribution is 6.18. The van der Waals surface area contributed by atoms with Crippen molar-refractivity contribution in [2.24, 2.45) is 21.6 Å². The van der Waals surface area contributed by atoms with Gasteiger partial charge in [0.2, 0.25) is 0 Å². The van der Waals surface area contributed by atoms with E-state index in [1.54, 1.807) is 6.92 Å². The first-order chi connectivity index (χ1) is 6.15. The van der Waals surface area contributed by atoms with Crippen LogP contribution >= 0.6 is 0 Å². The van der Waals surface area contributed by atoms with Crippen molar-refractivity contribution in [1.29, 1.82) is 0 Å². The molecule has 0 aromatic rings. The van der Waals surface area contributed by atoms with Crippen molar-refractivity contribution >= 4 is 24.1 Å². The zero-order valence-electron chi connectivity index (χ0n) is 7.06. The van der Waals surface area contributed by atoms with Gasteiger partial charge >= 0.3 is 12.0 Å². The molecule has 1 rings (SSSR count). The van der Waals surface area contributed by atoms with E-state index in [1.165, 1.54) is 0 Å². The molecular formula is C7H9N3O3. The number of esters is 1. The third-order valence-electron chi connectivity index (χ3n) is 1.42. The van der Waals surface area contributed by atoms with Gasteiger partial charge in [0.25, 0.3) is 0 Å². The van der Waals surface area contributed by atoms with Crippen molar-refractivity contribution in [3.8, 4) is 0 Å². The number of amidine groups is 1. The number of amides is 2. The summed E-state index contributed by atoms with van der Waals surface area (Å²) in [7, 11) is 0. The molecule has 0 fully saturated rings. The Labute approximate surface area is 74.5 Å². The van der Waals surface area contributed by atoms with Gasteiger partial charge < -0.3 is 10.5 Å². The molecule has 1 aliphatic rings. The van der Waals surface area contributed by atoms with Crippen molar-refractivity contribution < 1.29 is 14.3 Å². The fraction of sp³-hybridized carbons (Fsp3) is 0.429. The molecule has 1 atom stereocenters. The normalized spacial score (nSPS) is 21.2. The maximum atomic E-state index is 11.1. The SMILES string of the molecule is CCOC(=O)C1C=NC(=O)N=C1N. The lowest BCUT2D eigenvalue weighted by atomic mass is 10.1. The van der Waals surface area contributed by atoms with Crippen LogP contribution in [0.1, 0.15) is 6.92 Å². The average Bonchev–Trinajstić information content (AvgIpc) is 2.04. The molecule has 0 spiro atoms.